The third-order valence-corrected chi connectivity index (χ3v) is 7.98. The summed E-state index contributed by atoms with van der Waals surface area (Å²) in [5, 5.41) is 22.7. The van der Waals surface area contributed by atoms with E-state index >= 15 is 0 Å². The molecular weight excluding hydrogens is 685 g/mol. The van der Waals surface area contributed by atoms with E-state index in [1.165, 1.54) is 29.8 Å². The molecule has 6 N–H and O–H groups in total. The molecule has 1 atom stereocenters. The summed E-state index contributed by atoms with van der Waals surface area (Å²) in [5.41, 5.74) is 8.46. The van der Waals surface area contributed by atoms with Crippen LogP contribution >= 0.6 is 22.9 Å². The number of imidazole rings is 1. The Morgan fingerprint density at radius 1 is 1.00 bits per heavy atom. The highest BCUT2D eigenvalue weighted by Crippen LogP contribution is 2.36. The first kappa shape index (κ1) is 36.6. The van der Waals surface area contributed by atoms with E-state index in [1.807, 2.05) is 17.5 Å². The molecule has 1 amide bonds. The van der Waals surface area contributed by atoms with Gasteiger partial charge in [-0.2, -0.15) is 13.2 Å². The number of halogens is 4. The number of nitrogens with one attached hydrogen (secondary N) is 2. The standard InChI is InChI=1S/C27H21ClF3N3O3S.C6H9N3O2/c28-21-9-5-18(6-10-21)23-16-38-26(33-23)34(22-11-7-20(8-12-22)27(29,30)31)15-17-1-3-19(4-2-17)25(37)32-14-13-24(35)36;7-5(6(10)11)1-4-2-8-3-9-4/h1-12,16H,13-15H2,(H,32,37)(H,35,36);2-3,5H,1,7H2,(H,8,9)(H,10,11)/t;5-/m.0/s1. The third kappa shape index (κ3) is 10.9. The van der Waals surface area contributed by atoms with Crippen molar-refractivity contribution in [1.82, 2.24) is 20.3 Å². The molecule has 0 spiro atoms. The van der Waals surface area contributed by atoms with Crippen LogP contribution < -0.4 is 16.0 Å². The summed E-state index contributed by atoms with van der Waals surface area (Å²) >= 11 is 7.33. The van der Waals surface area contributed by atoms with Crippen molar-refractivity contribution in [3.63, 3.8) is 0 Å². The van der Waals surface area contributed by atoms with Crippen molar-refractivity contribution in [2.45, 2.75) is 31.6 Å². The van der Waals surface area contributed by atoms with Crippen molar-refractivity contribution in [3.05, 3.63) is 118 Å². The number of benzene rings is 3. The fourth-order valence-corrected chi connectivity index (χ4v) is 5.27. The van der Waals surface area contributed by atoms with E-state index in [4.69, 9.17) is 32.5 Å². The number of carboxylic acids is 2. The van der Waals surface area contributed by atoms with E-state index in [2.05, 4.69) is 15.3 Å². The highest BCUT2D eigenvalue weighted by Gasteiger charge is 2.30. The van der Waals surface area contributed by atoms with Crippen LogP contribution in [0.15, 0.2) is 90.7 Å². The fourth-order valence-electron chi connectivity index (χ4n) is 4.29. The Labute approximate surface area is 287 Å². The van der Waals surface area contributed by atoms with Crippen molar-refractivity contribution in [3.8, 4) is 11.3 Å². The first-order valence-electron chi connectivity index (χ1n) is 14.5. The van der Waals surface area contributed by atoms with Gasteiger partial charge < -0.3 is 31.1 Å². The molecule has 49 heavy (non-hydrogen) atoms. The lowest BCUT2D eigenvalue weighted by Gasteiger charge is -2.23. The number of H-pyrrole nitrogens is 1. The molecule has 16 heteroatoms. The lowest BCUT2D eigenvalue weighted by Crippen LogP contribution is -2.32. The molecule has 5 rings (SSSR count). The second-order valence-corrected chi connectivity index (χ2v) is 11.7. The number of hydrogen-bond acceptors (Lipinski definition) is 8. The Bertz CT molecular complexity index is 1830. The Balaban J connectivity index is 0.000000418. The zero-order valence-corrected chi connectivity index (χ0v) is 27.1. The summed E-state index contributed by atoms with van der Waals surface area (Å²) in [6.07, 6.45) is -1.30. The van der Waals surface area contributed by atoms with Crippen molar-refractivity contribution in [2.75, 3.05) is 11.4 Å². The van der Waals surface area contributed by atoms with Crippen molar-refractivity contribution < 1.29 is 37.8 Å². The Morgan fingerprint density at radius 3 is 2.24 bits per heavy atom. The predicted octanol–water partition coefficient (Wildman–Crippen LogP) is 6.39. The molecule has 5 aromatic rings. The van der Waals surface area contributed by atoms with E-state index in [1.54, 1.807) is 47.5 Å². The van der Waals surface area contributed by atoms with Gasteiger partial charge in [0.25, 0.3) is 5.91 Å². The van der Waals surface area contributed by atoms with E-state index in [0.29, 0.717) is 27.1 Å². The highest BCUT2D eigenvalue weighted by molar-refractivity contribution is 7.14. The summed E-state index contributed by atoms with van der Waals surface area (Å²) < 4.78 is 39.4. The van der Waals surface area contributed by atoms with Gasteiger partial charge in [-0.3, -0.25) is 14.4 Å². The van der Waals surface area contributed by atoms with Crippen LogP contribution in [0.25, 0.3) is 11.3 Å². The van der Waals surface area contributed by atoms with Gasteiger partial charge >= 0.3 is 18.1 Å². The smallest absolute Gasteiger partial charge is 0.416 e. The number of aromatic amines is 1. The van der Waals surface area contributed by atoms with E-state index in [-0.39, 0.29) is 25.9 Å². The summed E-state index contributed by atoms with van der Waals surface area (Å²) in [5.74, 6) is -2.41. The molecule has 0 unspecified atom stereocenters. The zero-order chi connectivity index (χ0) is 35.6. The van der Waals surface area contributed by atoms with Crippen LogP contribution in [0.5, 0.6) is 0 Å². The number of aromatic nitrogens is 3. The minimum absolute atomic E-state index is 0.0115. The van der Waals surface area contributed by atoms with Gasteiger partial charge in [0.2, 0.25) is 0 Å². The van der Waals surface area contributed by atoms with Crippen molar-refractivity contribution in [1.29, 1.82) is 0 Å². The number of hydrogen-bond donors (Lipinski definition) is 5. The minimum atomic E-state index is -4.45. The lowest BCUT2D eigenvalue weighted by molar-refractivity contribution is -0.139. The van der Waals surface area contributed by atoms with Crippen LogP contribution in [-0.4, -0.2) is 55.6 Å². The monoisotopic (exact) mass is 714 g/mol. The second-order valence-electron chi connectivity index (χ2n) is 10.5. The van der Waals surface area contributed by atoms with Crippen molar-refractivity contribution in [2.24, 2.45) is 5.73 Å². The predicted molar refractivity (Wildman–Crippen MR) is 179 cm³/mol. The molecule has 0 saturated carbocycles. The van der Waals surface area contributed by atoms with Crippen LogP contribution in [-0.2, 0) is 28.7 Å². The molecule has 0 aliphatic carbocycles. The number of aliphatic carboxylic acids is 2. The molecule has 2 heterocycles. The molecule has 256 valence electrons. The van der Waals surface area contributed by atoms with Gasteiger partial charge in [0.05, 0.1) is 30.6 Å². The maximum absolute atomic E-state index is 13.1. The Morgan fingerprint density at radius 2 is 1.67 bits per heavy atom. The lowest BCUT2D eigenvalue weighted by atomic mass is 10.1. The second kappa shape index (κ2) is 16.7. The first-order chi connectivity index (χ1) is 23.3. The maximum Gasteiger partial charge on any atom is 0.416 e. The normalized spacial score (nSPS) is 11.6. The quantitative estimate of drug-likeness (QED) is 0.0981. The molecular formula is C33H30ClF3N6O5S. The summed E-state index contributed by atoms with van der Waals surface area (Å²) in [7, 11) is 0. The zero-order valence-electron chi connectivity index (χ0n) is 25.5. The van der Waals surface area contributed by atoms with Gasteiger partial charge in [0.1, 0.15) is 6.04 Å². The average molecular weight is 715 g/mol. The van der Waals surface area contributed by atoms with Gasteiger partial charge in [-0.25, -0.2) is 9.97 Å². The Hall–Kier alpha value is -5.25. The molecule has 0 saturated heterocycles. The fraction of sp³-hybridized carbons (Fsp3) is 0.182. The molecule has 0 aliphatic heterocycles. The van der Waals surface area contributed by atoms with Crippen LogP contribution in [0.3, 0.4) is 0 Å². The van der Waals surface area contributed by atoms with E-state index in [0.717, 1.165) is 29.0 Å². The number of thiazole rings is 1. The number of alkyl halides is 3. The summed E-state index contributed by atoms with van der Waals surface area (Å²) in [6.45, 7) is 0.289. The third-order valence-electron chi connectivity index (χ3n) is 6.86. The van der Waals surface area contributed by atoms with Crippen LogP contribution in [0.1, 0.15) is 33.6 Å². The minimum Gasteiger partial charge on any atom is -0.481 e. The molecule has 11 nitrogen and oxygen atoms in total. The van der Waals surface area contributed by atoms with E-state index in [9.17, 15) is 27.6 Å². The SMILES string of the molecule is N[C@@H](Cc1cnc[nH]1)C(=O)O.O=C(O)CCNC(=O)c1ccc(CN(c2ccc(C(F)(F)F)cc2)c2nc(-c3ccc(Cl)cc3)cs2)cc1. The molecule has 2 aromatic heterocycles. The van der Waals surface area contributed by atoms with Crippen LogP contribution in [0.4, 0.5) is 24.0 Å². The summed E-state index contributed by atoms with van der Waals surface area (Å²) in [6, 6.07) is 17.9. The van der Waals surface area contributed by atoms with Crippen LogP contribution in [0.2, 0.25) is 5.02 Å². The molecule has 0 fully saturated rings. The number of carbonyl (C=O) groups excluding carboxylic acids is 1. The van der Waals surface area contributed by atoms with E-state index < -0.39 is 35.6 Å². The molecule has 0 aliphatic rings. The number of carbonyl (C=O) groups is 3. The largest absolute Gasteiger partial charge is 0.481 e. The number of amides is 1. The van der Waals surface area contributed by atoms with Crippen LogP contribution in [0, 0.1) is 0 Å². The van der Waals surface area contributed by atoms with Gasteiger partial charge in [-0.05, 0) is 54.1 Å². The first-order valence-corrected chi connectivity index (χ1v) is 15.8. The average Bonchev–Trinajstić information content (AvgIpc) is 3.77. The Kier molecular flexibility index (Phi) is 12.5. The molecule has 0 bridgehead atoms. The molecule has 0 radical (unpaired) electrons. The number of anilines is 2. The van der Waals surface area contributed by atoms with Gasteiger partial charge in [-0.15, -0.1) is 11.3 Å². The number of nitrogens with zero attached hydrogens (tertiary/aromatic N) is 3. The maximum atomic E-state index is 13.1. The number of nitrogens with two attached hydrogens (primary N) is 1. The van der Waals surface area contributed by atoms with Crippen molar-refractivity contribution >= 4 is 51.6 Å². The van der Waals surface area contributed by atoms with Gasteiger partial charge in [-0.1, -0.05) is 35.9 Å². The summed E-state index contributed by atoms with van der Waals surface area (Å²) in [4.78, 5) is 46.2. The number of carboxylic acid groups (broad SMARTS) is 2. The van der Waals surface area contributed by atoms with Gasteiger partial charge in [0.15, 0.2) is 5.13 Å². The topological polar surface area (TPSA) is 175 Å². The van der Waals surface area contributed by atoms with Gasteiger partial charge in [0, 0.05) is 52.1 Å². The molecule has 3 aromatic carbocycles. The highest BCUT2D eigenvalue weighted by atomic mass is 35.5. The number of rotatable bonds is 12.